The first-order valence-corrected chi connectivity index (χ1v) is 11.4. The maximum absolute atomic E-state index is 12.6. The van der Waals surface area contributed by atoms with Crippen molar-refractivity contribution in [2.45, 2.75) is 37.1 Å². The molecule has 6 atom stereocenters. The number of unbranched alkanes of at least 4 members (excludes halogenated alkanes) is 1. The molecule has 0 radical (unpaired) electrons. The summed E-state index contributed by atoms with van der Waals surface area (Å²) < 4.78 is 15.7. The van der Waals surface area contributed by atoms with E-state index in [1.165, 1.54) is 0 Å². The van der Waals surface area contributed by atoms with Gasteiger partial charge in [0.1, 0.15) is 6.10 Å². The van der Waals surface area contributed by atoms with Gasteiger partial charge >= 0.3 is 17.9 Å². The monoisotopic (exact) mass is 493 g/mol. The number of halogens is 1. The van der Waals surface area contributed by atoms with Gasteiger partial charge in [0.05, 0.1) is 28.8 Å². The van der Waals surface area contributed by atoms with E-state index in [1.54, 1.807) is 24.3 Å². The molecule has 8 nitrogen and oxygen atoms in total. The van der Waals surface area contributed by atoms with Crippen molar-refractivity contribution in [1.82, 2.24) is 0 Å². The largest absolute Gasteiger partial charge is 0.462 e. The third-order valence-corrected chi connectivity index (χ3v) is 7.48. The SMILES string of the molecule is CCCCOC(=O)c1ccc(NC(=O)COC(=O)[C@@H]2[C@H]3C[C@H]4[C@H](OC(=O)[C@@H]42)[C@H]3Br)cc1. The van der Waals surface area contributed by atoms with Crippen LogP contribution in [0.5, 0.6) is 0 Å². The topological polar surface area (TPSA) is 108 Å². The van der Waals surface area contributed by atoms with E-state index in [1.807, 2.05) is 6.92 Å². The fraction of sp³-hybridized carbons (Fsp3) is 0.545. The van der Waals surface area contributed by atoms with Gasteiger partial charge in [0.2, 0.25) is 0 Å². The first-order valence-electron chi connectivity index (χ1n) is 10.5. The molecule has 2 bridgehead atoms. The van der Waals surface area contributed by atoms with Gasteiger partial charge in [-0.25, -0.2) is 4.79 Å². The van der Waals surface area contributed by atoms with Gasteiger partial charge in [0, 0.05) is 11.6 Å². The number of anilines is 1. The van der Waals surface area contributed by atoms with Crippen molar-refractivity contribution in [2.24, 2.45) is 23.7 Å². The van der Waals surface area contributed by atoms with Gasteiger partial charge in [-0.05, 0) is 43.0 Å². The molecule has 166 valence electrons. The summed E-state index contributed by atoms with van der Waals surface area (Å²) in [4.78, 5) is 48.8. The van der Waals surface area contributed by atoms with Crippen molar-refractivity contribution in [1.29, 1.82) is 0 Å². The lowest BCUT2D eigenvalue weighted by Gasteiger charge is -2.26. The Kier molecular flexibility index (Phi) is 6.31. The van der Waals surface area contributed by atoms with Crippen LogP contribution in [-0.4, -0.2) is 48.0 Å². The normalized spacial score (nSPS) is 30.1. The average Bonchev–Trinajstić information content (AvgIpc) is 3.37. The molecular weight excluding hydrogens is 470 g/mol. The summed E-state index contributed by atoms with van der Waals surface area (Å²) in [7, 11) is 0. The molecular formula is C22H24BrNO7. The maximum atomic E-state index is 12.6. The highest BCUT2D eigenvalue weighted by Crippen LogP contribution is 2.60. The van der Waals surface area contributed by atoms with Gasteiger partial charge in [-0.15, -0.1) is 0 Å². The van der Waals surface area contributed by atoms with E-state index in [0.29, 0.717) is 17.9 Å². The number of ether oxygens (including phenoxy) is 3. The molecule has 3 aliphatic rings. The van der Waals surface area contributed by atoms with Crippen molar-refractivity contribution >= 4 is 45.4 Å². The Hall–Kier alpha value is -2.42. The fourth-order valence-corrected chi connectivity index (χ4v) is 5.85. The quantitative estimate of drug-likeness (QED) is 0.256. The first kappa shape index (κ1) is 21.8. The lowest BCUT2D eigenvalue weighted by Crippen LogP contribution is -2.39. The molecule has 9 heteroatoms. The maximum Gasteiger partial charge on any atom is 0.338 e. The van der Waals surface area contributed by atoms with Crippen molar-refractivity contribution in [3.8, 4) is 0 Å². The zero-order valence-corrected chi connectivity index (χ0v) is 18.6. The molecule has 0 unspecified atom stereocenters. The lowest BCUT2D eigenvalue weighted by atomic mass is 9.80. The number of nitrogens with one attached hydrogen (secondary N) is 1. The van der Waals surface area contributed by atoms with Gasteiger partial charge in [0.25, 0.3) is 5.91 Å². The lowest BCUT2D eigenvalue weighted by molar-refractivity contribution is -0.157. The Bertz CT molecular complexity index is 886. The molecule has 1 aliphatic heterocycles. The van der Waals surface area contributed by atoms with Gasteiger partial charge in [-0.1, -0.05) is 29.3 Å². The van der Waals surface area contributed by atoms with Crippen LogP contribution in [0.1, 0.15) is 36.5 Å². The van der Waals surface area contributed by atoms with Crippen LogP contribution < -0.4 is 5.32 Å². The smallest absolute Gasteiger partial charge is 0.338 e. The number of esters is 3. The van der Waals surface area contributed by atoms with E-state index < -0.39 is 36.3 Å². The summed E-state index contributed by atoms with van der Waals surface area (Å²) in [5, 5.41) is 2.62. The van der Waals surface area contributed by atoms with Gasteiger partial charge < -0.3 is 19.5 Å². The molecule has 1 heterocycles. The zero-order valence-electron chi connectivity index (χ0n) is 17.0. The molecule has 1 amide bonds. The summed E-state index contributed by atoms with van der Waals surface area (Å²) in [6.07, 6.45) is 2.32. The molecule has 0 spiro atoms. The second-order valence-corrected chi connectivity index (χ2v) is 9.24. The number of carbonyl (C=O) groups is 4. The molecule has 2 saturated carbocycles. The second-order valence-electron chi connectivity index (χ2n) is 8.18. The third-order valence-electron chi connectivity index (χ3n) is 6.28. The standard InChI is InChI=1S/C22H24BrNO7/c1-2-3-8-29-20(26)11-4-6-12(7-5-11)24-15(25)10-30-21(27)16-13-9-14-17(16)22(28)31-19(14)18(13)23/h4-7,13-14,16-19H,2-3,8-10H2,1H3,(H,24,25)/t13-,14-,16-,17+,18+,19+/m1/s1. The summed E-state index contributed by atoms with van der Waals surface area (Å²) in [5.41, 5.74) is 0.858. The predicted molar refractivity (Wildman–Crippen MR) is 112 cm³/mol. The summed E-state index contributed by atoms with van der Waals surface area (Å²) in [5.74, 6) is -2.83. The number of benzene rings is 1. The van der Waals surface area contributed by atoms with Crippen LogP contribution in [0.4, 0.5) is 5.69 Å². The fourth-order valence-electron chi connectivity index (χ4n) is 4.81. The molecule has 31 heavy (non-hydrogen) atoms. The minimum atomic E-state index is -0.577. The van der Waals surface area contributed by atoms with E-state index in [2.05, 4.69) is 21.2 Å². The zero-order chi connectivity index (χ0) is 22.1. The highest BCUT2D eigenvalue weighted by molar-refractivity contribution is 9.09. The Morgan fingerprint density at radius 1 is 1.16 bits per heavy atom. The number of rotatable bonds is 8. The summed E-state index contributed by atoms with van der Waals surface area (Å²) in [6, 6.07) is 6.28. The third kappa shape index (κ3) is 4.20. The molecule has 4 rings (SSSR count). The number of carbonyl (C=O) groups excluding carboxylic acids is 4. The summed E-state index contributed by atoms with van der Waals surface area (Å²) >= 11 is 3.55. The van der Waals surface area contributed by atoms with Crippen LogP contribution >= 0.6 is 15.9 Å². The Morgan fingerprint density at radius 2 is 1.90 bits per heavy atom. The van der Waals surface area contributed by atoms with Crippen LogP contribution in [0.3, 0.4) is 0 Å². The minimum Gasteiger partial charge on any atom is -0.462 e. The highest BCUT2D eigenvalue weighted by Gasteiger charge is 2.68. The summed E-state index contributed by atoms with van der Waals surface area (Å²) in [6.45, 7) is 1.93. The van der Waals surface area contributed by atoms with Crippen LogP contribution in [0, 0.1) is 23.7 Å². The number of hydrogen-bond donors (Lipinski definition) is 1. The van der Waals surface area contributed by atoms with Gasteiger partial charge in [0.15, 0.2) is 6.61 Å². The van der Waals surface area contributed by atoms with Crippen molar-refractivity contribution < 1.29 is 33.4 Å². The number of hydrogen-bond acceptors (Lipinski definition) is 7. The van der Waals surface area contributed by atoms with E-state index in [4.69, 9.17) is 14.2 Å². The number of amides is 1. The number of fused-ring (bicyclic) bond motifs is 1. The van der Waals surface area contributed by atoms with Crippen LogP contribution in [0.25, 0.3) is 0 Å². The van der Waals surface area contributed by atoms with Gasteiger partial charge in [-0.3, -0.25) is 14.4 Å². The van der Waals surface area contributed by atoms with E-state index >= 15 is 0 Å². The first-order chi connectivity index (χ1) is 14.9. The van der Waals surface area contributed by atoms with Crippen molar-refractivity contribution in [3.63, 3.8) is 0 Å². The van der Waals surface area contributed by atoms with Crippen molar-refractivity contribution in [3.05, 3.63) is 29.8 Å². The second kappa shape index (κ2) is 8.98. The van der Waals surface area contributed by atoms with Crippen molar-refractivity contribution in [2.75, 3.05) is 18.5 Å². The highest BCUT2D eigenvalue weighted by atomic mass is 79.9. The van der Waals surface area contributed by atoms with Crippen LogP contribution in [0.15, 0.2) is 24.3 Å². The Labute approximate surface area is 188 Å². The average molecular weight is 494 g/mol. The molecule has 1 saturated heterocycles. The molecule has 3 fully saturated rings. The molecule has 0 aromatic heterocycles. The van der Waals surface area contributed by atoms with Gasteiger partial charge in [-0.2, -0.15) is 0 Å². The molecule has 2 aliphatic carbocycles. The molecule has 1 aromatic carbocycles. The van der Waals surface area contributed by atoms with E-state index in [-0.39, 0.29) is 28.7 Å². The van der Waals surface area contributed by atoms with Crippen LogP contribution in [0.2, 0.25) is 0 Å². The minimum absolute atomic E-state index is 0.0216. The van der Waals surface area contributed by atoms with E-state index in [9.17, 15) is 19.2 Å². The molecule has 1 N–H and O–H groups in total. The molecule has 1 aromatic rings. The Morgan fingerprint density at radius 3 is 2.61 bits per heavy atom. The van der Waals surface area contributed by atoms with Crippen LogP contribution in [-0.2, 0) is 28.6 Å². The number of alkyl halides is 1. The van der Waals surface area contributed by atoms with E-state index in [0.717, 1.165) is 19.3 Å². The predicted octanol–water partition coefficient (Wildman–Crippen LogP) is 2.70. The Balaban J connectivity index is 1.26.